The van der Waals surface area contributed by atoms with E-state index < -0.39 is 28.1 Å². The minimum absolute atomic E-state index is 0.103. The van der Waals surface area contributed by atoms with Gasteiger partial charge in [-0.05, 0) is 59.2 Å². The molecule has 222 valence electrons. The molecule has 0 radical (unpaired) electrons. The first-order chi connectivity index (χ1) is 20.6. The van der Waals surface area contributed by atoms with Crippen molar-refractivity contribution in [2.75, 3.05) is 24.4 Å². The summed E-state index contributed by atoms with van der Waals surface area (Å²) in [6.45, 7) is 0.989. The van der Waals surface area contributed by atoms with Gasteiger partial charge in [-0.25, -0.2) is 18.0 Å². The second kappa shape index (κ2) is 12.5. The maximum atomic E-state index is 13.0. The molecule has 4 aromatic carbocycles. The van der Waals surface area contributed by atoms with Gasteiger partial charge >= 0.3 is 11.9 Å². The molecular weight excluding hydrogens is 576 g/mol. The topological polar surface area (TPSA) is 171 Å². The Morgan fingerprint density at radius 3 is 2.40 bits per heavy atom. The molecule has 0 amide bonds. The second-order valence-corrected chi connectivity index (χ2v) is 11.4. The average molecular weight is 605 g/mol. The van der Waals surface area contributed by atoms with Crippen LogP contribution in [0.25, 0.3) is 11.1 Å². The van der Waals surface area contributed by atoms with E-state index in [0.717, 1.165) is 5.56 Å². The van der Waals surface area contributed by atoms with Gasteiger partial charge in [0.25, 0.3) is 10.0 Å². The third-order valence-electron chi connectivity index (χ3n) is 6.80. The van der Waals surface area contributed by atoms with E-state index in [1.807, 2.05) is 0 Å². The lowest BCUT2D eigenvalue weighted by atomic mass is 9.99. The lowest BCUT2D eigenvalue weighted by Gasteiger charge is -2.20. The third kappa shape index (κ3) is 6.95. The number of ether oxygens (including phenoxy) is 2. The SMILES string of the molecule is O=C(O)c1ccc(-c2ccc(OCCNCC(O)c3ccc4cc3NS(=O)(=O)c3cccc(c3)CO4)cc2)cc1C(=O)O. The van der Waals surface area contributed by atoms with Crippen molar-refractivity contribution in [2.24, 2.45) is 0 Å². The molecule has 4 bridgehead atoms. The van der Waals surface area contributed by atoms with Crippen LogP contribution in [-0.4, -0.2) is 55.4 Å². The highest BCUT2D eigenvalue weighted by Crippen LogP contribution is 2.31. The van der Waals surface area contributed by atoms with E-state index in [1.165, 1.54) is 18.2 Å². The standard InChI is InChI=1S/C31H28N2O9S/c34-29(26-11-9-23-16-28(26)33-43(39,40)24-3-1-2-19(14-24)18-42-23)17-32-12-13-41-22-7-4-20(5-8-22)21-6-10-25(30(35)36)27(15-21)31(37)38/h1-11,14-16,29,32-34H,12-13,17-18H2,(H,35,36)(H,37,38). The number of carbonyl (C=O) groups is 2. The highest BCUT2D eigenvalue weighted by atomic mass is 32.2. The van der Waals surface area contributed by atoms with Crippen LogP contribution in [0, 0.1) is 0 Å². The fourth-order valence-electron chi connectivity index (χ4n) is 4.60. The lowest BCUT2D eigenvalue weighted by Crippen LogP contribution is -2.27. The van der Waals surface area contributed by atoms with Gasteiger partial charge in [-0.2, -0.15) is 0 Å². The number of nitrogens with one attached hydrogen (secondary N) is 2. The number of rotatable bonds is 10. The first-order valence-corrected chi connectivity index (χ1v) is 14.7. The summed E-state index contributed by atoms with van der Waals surface area (Å²) in [5, 5.41) is 32.5. The number of aliphatic hydroxyl groups excluding tert-OH is 1. The first kappa shape index (κ1) is 29.6. The molecule has 0 spiro atoms. The number of anilines is 1. The van der Waals surface area contributed by atoms with Crippen molar-refractivity contribution in [3.8, 4) is 22.6 Å². The van der Waals surface area contributed by atoms with Crippen molar-refractivity contribution in [2.45, 2.75) is 17.6 Å². The maximum Gasteiger partial charge on any atom is 0.336 e. The number of carboxylic acids is 2. The number of benzene rings is 4. The van der Waals surface area contributed by atoms with Gasteiger partial charge in [0.05, 0.1) is 27.8 Å². The lowest BCUT2D eigenvalue weighted by molar-refractivity contribution is 0.0651. The highest BCUT2D eigenvalue weighted by Gasteiger charge is 2.22. The first-order valence-electron chi connectivity index (χ1n) is 13.2. The predicted octanol–water partition coefficient (Wildman–Crippen LogP) is 4.15. The van der Waals surface area contributed by atoms with Gasteiger partial charge in [0, 0.05) is 24.7 Å². The summed E-state index contributed by atoms with van der Waals surface area (Å²) in [6, 6.07) is 22.4. The number of sulfonamides is 1. The average Bonchev–Trinajstić information content (AvgIpc) is 2.99. The van der Waals surface area contributed by atoms with Gasteiger partial charge in [0.2, 0.25) is 0 Å². The third-order valence-corrected chi connectivity index (χ3v) is 8.16. The van der Waals surface area contributed by atoms with Gasteiger partial charge in [-0.3, -0.25) is 4.72 Å². The van der Waals surface area contributed by atoms with E-state index in [9.17, 15) is 33.3 Å². The molecule has 1 aliphatic heterocycles. The van der Waals surface area contributed by atoms with Crippen LogP contribution in [0.1, 0.15) is 37.9 Å². The summed E-state index contributed by atoms with van der Waals surface area (Å²) in [5.41, 5.74) is 2.00. The van der Waals surface area contributed by atoms with Crippen molar-refractivity contribution >= 4 is 27.6 Å². The highest BCUT2D eigenvalue weighted by molar-refractivity contribution is 7.92. The van der Waals surface area contributed by atoms with Crippen molar-refractivity contribution < 1.29 is 42.8 Å². The molecular formula is C31H28N2O9S. The van der Waals surface area contributed by atoms with Gasteiger partial charge in [0.1, 0.15) is 24.7 Å². The van der Waals surface area contributed by atoms with Crippen LogP contribution in [0.5, 0.6) is 11.5 Å². The van der Waals surface area contributed by atoms with Crippen molar-refractivity contribution in [3.05, 3.63) is 107 Å². The fourth-order valence-corrected chi connectivity index (χ4v) is 5.75. The fraction of sp³-hybridized carbons (Fsp3) is 0.161. The molecule has 5 rings (SSSR count). The van der Waals surface area contributed by atoms with Crippen molar-refractivity contribution in [1.29, 1.82) is 0 Å². The molecule has 0 fully saturated rings. The van der Waals surface area contributed by atoms with E-state index in [4.69, 9.17) is 9.47 Å². The minimum atomic E-state index is -3.87. The zero-order chi connectivity index (χ0) is 30.6. The van der Waals surface area contributed by atoms with E-state index in [1.54, 1.807) is 66.7 Å². The molecule has 1 heterocycles. The van der Waals surface area contributed by atoms with Crippen LogP contribution in [0.4, 0.5) is 5.69 Å². The molecule has 0 aromatic heterocycles. The second-order valence-electron chi connectivity index (χ2n) is 9.75. The Morgan fingerprint density at radius 1 is 0.907 bits per heavy atom. The van der Waals surface area contributed by atoms with Crippen molar-refractivity contribution in [1.82, 2.24) is 5.32 Å². The molecule has 0 aliphatic carbocycles. The Kier molecular flexibility index (Phi) is 8.62. The summed E-state index contributed by atoms with van der Waals surface area (Å²) in [4.78, 5) is 22.9. The summed E-state index contributed by atoms with van der Waals surface area (Å²) in [6.07, 6.45) is -1.02. The van der Waals surface area contributed by atoms with Crippen LogP contribution in [0.15, 0.2) is 89.8 Å². The largest absolute Gasteiger partial charge is 0.492 e. The van der Waals surface area contributed by atoms with Crippen LogP contribution in [0.3, 0.4) is 0 Å². The number of hydrogen-bond acceptors (Lipinski definition) is 8. The summed E-state index contributed by atoms with van der Waals surface area (Å²) in [5.74, 6) is -1.61. The molecule has 0 saturated carbocycles. The normalized spacial score (nSPS) is 14.1. The molecule has 1 unspecified atom stereocenters. The Balaban J connectivity index is 1.16. The number of hydrogen-bond donors (Lipinski definition) is 5. The van der Waals surface area contributed by atoms with Crippen LogP contribution < -0.4 is 19.5 Å². The molecule has 5 N–H and O–H groups in total. The molecule has 12 heteroatoms. The Bertz CT molecular complexity index is 1770. The quantitative estimate of drug-likeness (QED) is 0.166. The summed E-state index contributed by atoms with van der Waals surface area (Å²) in [7, 11) is -3.87. The van der Waals surface area contributed by atoms with E-state index in [2.05, 4.69) is 10.0 Å². The summed E-state index contributed by atoms with van der Waals surface area (Å²) < 4.78 is 40.0. The molecule has 43 heavy (non-hydrogen) atoms. The molecule has 4 aromatic rings. The smallest absolute Gasteiger partial charge is 0.336 e. The van der Waals surface area contributed by atoms with Crippen LogP contribution in [-0.2, 0) is 16.6 Å². The van der Waals surface area contributed by atoms with Gasteiger partial charge in [-0.15, -0.1) is 0 Å². The van der Waals surface area contributed by atoms with Gasteiger partial charge in [0.15, 0.2) is 0 Å². The Hall–Kier alpha value is -4.91. The number of carboxylic acid groups (broad SMARTS) is 2. The molecule has 1 atom stereocenters. The number of aromatic carboxylic acids is 2. The van der Waals surface area contributed by atoms with Gasteiger partial charge in [-0.1, -0.05) is 36.4 Å². The number of aliphatic hydroxyl groups is 1. The predicted molar refractivity (Wildman–Crippen MR) is 157 cm³/mol. The van der Waals surface area contributed by atoms with E-state index >= 15 is 0 Å². The van der Waals surface area contributed by atoms with Crippen LogP contribution in [0.2, 0.25) is 0 Å². The van der Waals surface area contributed by atoms with Crippen LogP contribution >= 0.6 is 0 Å². The Morgan fingerprint density at radius 2 is 1.65 bits per heavy atom. The minimum Gasteiger partial charge on any atom is -0.492 e. The molecule has 1 aliphatic rings. The number of fused-ring (bicyclic) bond motifs is 4. The van der Waals surface area contributed by atoms with E-state index in [0.29, 0.717) is 34.7 Å². The van der Waals surface area contributed by atoms with E-state index in [-0.39, 0.29) is 41.5 Å². The summed E-state index contributed by atoms with van der Waals surface area (Å²) >= 11 is 0. The molecule has 11 nitrogen and oxygen atoms in total. The monoisotopic (exact) mass is 604 g/mol. The van der Waals surface area contributed by atoms with Crippen molar-refractivity contribution in [3.63, 3.8) is 0 Å². The zero-order valence-corrected chi connectivity index (χ0v) is 23.5. The van der Waals surface area contributed by atoms with Gasteiger partial charge < -0.3 is 30.1 Å². The zero-order valence-electron chi connectivity index (χ0n) is 22.7. The Labute approximate surface area is 247 Å². The molecule has 0 saturated heterocycles. The maximum absolute atomic E-state index is 13.0.